The van der Waals surface area contributed by atoms with Gasteiger partial charge in [0.2, 0.25) is 0 Å². The highest BCUT2D eigenvalue weighted by Crippen LogP contribution is 2.19. The molecule has 0 amide bonds. The minimum atomic E-state index is 0.235. The van der Waals surface area contributed by atoms with Crippen LogP contribution in [0.5, 0.6) is 5.75 Å². The summed E-state index contributed by atoms with van der Waals surface area (Å²) in [5.74, 6) is 0.235. The first-order chi connectivity index (χ1) is 4.74. The van der Waals surface area contributed by atoms with Crippen molar-refractivity contribution in [2.45, 2.75) is 6.92 Å². The van der Waals surface area contributed by atoms with Crippen molar-refractivity contribution in [3.63, 3.8) is 0 Å². The molecule has 54 valence electrons. The van der Waals surface area contributed by atoms with E-state index in [2.05, 4.69) is 0 Å². The number of anilines is 1. The molecule has 0 aliphatic heterocycles. The highest BCUT2D eigenvalue weighted by molar-refractivity contribution is 5.48. The number of aryl methyl sites for hydroxylation is 1. The lowest BCUT2D eigenvalue weighted by Gasteiger charge is -2.00. The van der Waals surface area contributed by atoms with Crippen molar-refractivity contribution in [2.24, 2.45) is 0 Å². The van der Waals surface area contributed by atoms with Gasteiger partial charge in [-0.3, -0.25) is 10.7 Å². The first-order valence-electron chi connectivity index (χ1n) is 2.94. The summed E-state index contributed by atoms with van der Waals surface area (Å²) in [4.78, 5) is 0. The van der Waals surface area contributed by atoms with Crippen LogP contribution in [0.2, 0.25) is 0 Å². The fourth-order valence-electron chi connectivity index (χ4n) is 0.725. The lowest BCUT2D eigenvalue weighted by Crippen LogP contribution is -1.88. The molecule has 0 radical (unpaired) electrons. The van der Waals surface area contributed by atoms with Crippen molar-refractivity contribution in [1.29, 1.82) is 0 Å². The van der Waals surface area contributed by atoms with Crippen molar-refractivity contribution in [3.05, 3.63) is 23.8 Å². The van der Waals surface area contributed by atoms with E-state index in [4.69, 9.17) is 10.3 Å². The molecule has 0 aliphatic carbocycles. The molecule has 1 rings (SSSR count). The Balaban J connectivity index is 3.04. The zero-order valence-electron chi connectivity index (χ0n) is 5.63. The molecule has 0 spiro atoms. The number of phenols is 1. The quantitative estimate of drug-likeness (QED) is 0.408. The largest absolute Gasteiger partial charge is 0.508 e. The first-order valence-corrected chi connectivity index (χ1v) is 2.94. The number of hydrogen-bond donors (Lipinski definition) is 3. The van der Waals surface area contributed by atoms with Gasteiger partial charge in [-0.25, -0.2) is 0 Å². The molecule has 0 saturated heterocycles. The van der Waals surface area contributed by atoms with Gasteiger partial charge in [0, 0.05) is 0 Å². The predicted octanol–water partition coefficient (Wildman–Crippen LogP) is 1.50. The third-order valence-corrected chi connectivity index (χ3v) is 1.33. The van der Waals surface area contributed by atoms with Gasteiger partial charge in [-0.2, -0.15) is 0 Å². The Morgan fingerprint density at radius 1 is 1.40 bits per heavy atom. The van der Waals surface area contributed by atoms with Crippen LogP contribution in [0.15, 0.2) is 18.2 Å². The Morgan fingerprint density at radius 2 is 2.10 bits per heavy atom. The second-order valence-corrected chi connectivity index (χ2v) is 2.11. The lowest BCUT2D eigenvalue weighted by atomic mass is 10.2. The van der Waals surface area contributed by atoms with Crippen LogP contribution < -0.4 is 5.48 Å². The summed E-state index contributed by atoms with van der Waals surface area (Å²) in [5.41, 5.74) is 3.30. The Bertz CT molecular complexity index is 235. The number of benzene rings is 1. The van der Waals surface area contributed by atoms with Gasteiger partial charge in [0.1, 0.15) is 5.75 Å². The van der Waals surface area contributed by atoms with E-state index in [0.717, 1.165) is 5.56 Å². The van der Waals surface area contributed by atoms with E-state index in [9.17, 15) is 0 Å². The molecule has 1 aromatic carbocycles. The second-order valence-electron chi connectivity index (χ2n) is 2.11. The van der Waals surface area contributed by atoms with Gasteiger partial charge in [0.25, 0.3) is 0 Å². The first kappa shape index (κ1) is 6.89. The van der Waals surface area contributed by atoms with Crippen LogP contribution in [-0.4, -0.2) is 10.3 Å². The molecule has 0 saturated carbocycles. The van der Waals surface area contributed by atoms with Crippen molar-refractivity contribution in [1.82, 2.24) is 0 Å². The Hall–Kier alpha value is -1.22. The average Bonchev–Trinajstić information content (AvgIpc) is 1.95. The van der Waals surface area contributed by atoms with E-state index in [1.165, 1.54) is 6.07 Å². The zero-order valence-corrected chi connectivity index (χ0v) is 5.63. The maximum atomic E-state index is 9.03. The number of hydrogen-bond acceptors (Lipinski definition) is 3. The summed E-state index contributed by atoms with van der Waals surface area (Å²) in [6, 6.07) is 4.76. The summed E-state index contributed by atoms with van der Waals surface area (Å²) in [5, 5.41) is 17.5. The number of phenolic OH excluding ortho intramolecular Hbond substituents is 1. The highest BCUT2D eigenvalue weighted by atomic mass is 16.5. The fourth-order valence-corrected chi connectivity index (χ4v) is 0.725. The minimum absolute atomic E-state index is 0.235. The molecule has 0 heterocycles. The third kappa shape index (κ3) is 1.19. The van der Waals surface area contributed by atoms with Gasteiger partial charge >= 0.3 is 0 Å². The fraction of sp³-hybridized carbons (Fsp3) is 0.143. The number of aromatic hydroxyl groups is 1. The predicted molar refractivity (Wildman–Crippen MR) is 38.3 cm³/mol. The molecule has 0 fully saturated rings. The molecule has 3 nitrogen and oxygen atoms in total. The lowest BCUT2D eigenvalue weighted by molar-refractivity contribution is 0.388. The molecular formula is C7H9NO2. The van der Waals surface area contributed by atoms with Gasteiger partial charge in [-0.05, 0) is 30.7 Å². The Labute approximate surface area is 58.9 Å². The third-order valence-electron chi connectivity index (χ3n) is 1.33. The Kier molecular flexibility index (Phi) is 1.78. The van der Waals surface area contributed by atoms with E-state index in [1.807, 2.05) is 5.48 Å². The Morgan fingerprint density at radius 3 is 2.60 bits per heavy atom. The molecule has 0 bridgehead atoms. The van der Waals surface area contributed by atoms with Gasteiger partial charge in [-0.15, -0.1) is 0 Å². The van der Waals surface area contributed by atoms with E-state index in [-0.39, 0.29) is 5.75 Å². The average molecular weight is 139 g/mol. The van der Waals surface area contributed by atoms with Crippen molar-refractivity contribution >= 4 is 5.69 Å². The highest BCUT2D eigenvalue weighted by Gasteiger charge is 1.94. The number of nitrogens with one attached hydrogen (secondary N) is 1. The maximum absolute atomic E-state index is 9.03. The van der Waals surface area contributed by atoms with Crippen molar-refractivity contribution < 1.29 is 10.3 Å². The SMILES string of the molecule is Cc1cc(NO)ccc1O. The minimum Gasteiger partial charge on any atom is -0.508 e. The van der Waals surface area contributed by atoms with Gasteiger partial charge in [0.05, 0.1) is 5.69 Å². The number of rotatable bonds is 1. The standard InChI is InChI=1S/C7H9NO2/c1-5-4-6(8-10)2-3-7(5)9/h2-4,8-10H,1H3. The van der Waals surface area contributed by atoms with Crippen LogP contribution >= 0.6 is 0 Å². The van der Waals surface area contributed by atoms with Crippen LogP contribution in [0.4, 0.5) is 5.69 Å². The topological polar surface area (TPSA) is 52.5 Å². The van der Waals surface area contributed by atoms with Crippen LogP contribution in [0.25, 0.3) is 0 Å². The molecule has 3 N–H and O–H groups in total. The van der Waals surface area contributed by atoms with Gasteiger partial charge < -0.3 is 5.11 Å². The molecule has 3 heteroatoms. The molecule has 0 aromatic heterocycles. The second kappa shape index (κ2) is 2.58. The van der Waals surface area contributed by atoms with Gasteiger partial charge in [-0.1, -0.05) is 0 Å². The summed E-state index contributed by atoms with van der Waals surface area (Å²) in [6.45, 7) is 1.76. The molecule has 1 aromatic rings. The molecule has 0 aliphatic rings. The summed E-state index contributed by atoms with van der Waals surface area (Å²) >= 11 is 0. The van der Waals surface area contributed by atoms with Crippen molar-refractivity contribution in [2.75, 3.05) is 5.48 Å². The molecular weight excluding hydrogens is 130 g/mol. The molecule has 0 atom stereocenters. The molecule has 0 unspecified atom stereocenters. The molecule has 10 heavy (non-hydrogen) atoms. The summed E-state index contributed by atoms with van der Waals surface area (Å²) < 4.78 is 0. The van der Waals surface area contributed by atoms with Gasteiger partial charge in [0.15, 0.2) is 0 Å². The van der Waals surface area contributed by atoms with Crippen LogP contribution in [0.3, 0.4) is 0 Å². The maximum Gasteiger partial charge on any atom is 0.118 e. The van der Waals surface area contributed by atoms with Crippen LogP contribution in [0.1, 0.15) is 5.56 Å². The summed E-state index contributed by atoms with van der Waals surface area (Å²) in [6.07, 6.45) is 0. The van der Waals surface area contributed by atoms with E-state index in [1.54, 1.807) is 19.1 Å². The normalized spacial score (nSPS) is 9.40. The van der Waals surface area contributed by atoms with Crippen LogP contribution in [-0.2, 0) is 0 Å². The van der Waals surface area contributed by atoms with E-state index < -0.39 is 0 Å². The zero-order chi connectivity index (χ0) is 7.56. The van der Waals surface area contributed by atoms with E-state index in [0.29, 0.717) is 5.69 Å². The van der Waals surface area contributed by atoms with Crippen molar-refractivity contribution in [3.8, 4) is 5.75 Å². The monoisotopic (exact) mass is 139 g/mol. The smallest absolute Gasteiger partial charge is 0.118 e. The van der Waals surface area contributed by atoms with Crippen LogP contribution in [0, 0.1) is 6.92 Å². The van der Waals surface area contributed by atoms with E-state index >= 15 is 0 Å². The summed E-state index contributed by atoms with van der Waals surface area (Å²) in [7, 11) is 0.